The van der Waals surface area contributed by atoms with E-state index in [2.05, 4.69) is 53.6 Å². The molecular weight excluding hydrogens is 497 g/mol. The Bertz CT molecular complexity index is 1530. The number of likely N-dealkylation sites (tertiary alicyclic amines) is 1. The van der Waals surface area contributed by atoms with Crippen molar-refractivity contribution in [1.82, 2.24) is 14.8 Å². The fraction of sp³-hybridized carbons (Fsp3) is 0.457. The third-order valence-electron chi connectivity index (χ3n) is 9.35. The number of nitrogens with zero attached hydrogens (tertiary/aromatic N) is 2. The van der Waals surface area contributed by atoms with Gasteiger partial charge in [-0.15, -0.1) is 0 Å². The molecule has 0 amide bonds. The van der Waals surface area contributed by atoms with Crippen LogP contribution in [0.15, 0.2) is 70.6 Å². The first kappa shape index (κ1) is 27.2. The van der Waals surface area contributed by atoms with Crippen molar-refractivity contribution in [2.75, 3.05) is 13.1 Å². The molecule has 0 bridgehead atoms. The average molecular weight is 540 g/mol. The molecule has 2 aliphatic carbocycles. The summed E-state index contributed by atoms with van der Waals surface area (Å²) in [5.41, 5.74) is 4.67. The Kier molecular flexibility index (Phi) is 8.04. The van der Waals surface area contributed by atoms with Gasteiger partial charge in [-0.25, -0.2) is 4.39 Å². The number of hydrogen-bond donors (Lipinski definition) is 1. The van der Waals surface area contributed by atoms with E-state index in [0.29, 0.717) is 24.7 Å². The quantitative estimate of drug-likeness (QED) is 0.441. The number of rotatable bonds is 5. The fourth-order valence-electron chi connectivity index (χ4n) is 6.74. The summed E-state index contributed by atoms with van der Waals surface area (Å²) in [4.78, 5) is 15.6. The molecule has 0 saturated carbocycles. The Balaban J connectivity index is 1.14. The lowest BCUT2D eigenvalue weighted by molar-refractivity contribution is 0.235. The molecular formula is C35H42FN3O. The highest BCUT2D eigenvalue weighted by Gasteiger charge is 2.40. The van der Waals surface area contributed by atoms with Crippen molar-refractivity contribution < 1.29 is 4.39 Å². The molecule has 4 atom stereocenters. The number of hydrogen-bond acceptors (Lipinski definition) is 3. The van der Waals surface area contributed by atoms with Gasteiger partial charge in [0.2, 0.25) is 0 Å². The Hall–Kier alpha value is -3.02. The number of fused-ring (bicyclic) bond motifs is 1. The maximum atomic E-state index is 14.0. The maximum absolute atomic E-state index is 14.0. The van der Waals surface area contributed by atoms with Crippen LogP contribution in [0.5, 0.6) is 0 Å². The second-order valence-electron chi connectivity index (χ2n) is 12.2. The van der Waals surface area contributed by atoms with E-state index in [-0.39, 0.29) is 11.4 Å². The molecule has 0 spiro atoms. The normalized spacial score (nSPS) is 30.1. The monoisotopic (exact) mass is 539 g/mol. The zero-order valence-corrected chi connectivity index (χ0v) is 23.9. The van der Waals surface area contributed by atoms with Gasteiger partial charge in [0.15, 0.2) is 0 Å². The van der Waals surface area contributed by atoms with Gasteiger partial charge in [0, 0.05) is 23.5 Å². The van der Waals surface area contributed by atoms with Gasteiger partial charge >= 0.3 is 0 Å². The number of aromatic nitrogens is 1. The second-order valence-corrected chi connectivity index (χ2v) is 12.2. The number of halogens is 1. The highest BCUT2D eigenvalue weighted by molar-refractivity contribution is 5.43. The molecule has 210 valence electrons. The van der Waals surface area contributed by atoms with Gasteiger partial charge in [-0.2, -0.15) is 0 Å². The molecule has 6 rings (SSSR count). The lowest BCUT2D eigenvalue weighted by atomic mass is 9.95. The molecule has 5 heteroatoms. The van der Waals surface area contributed by atoms with Crippen LogP contribution < -0.4 is 21.4 Å². The summed E-state index contributed by atoms with van der Waals surface area (Å²) in [6, 6.07) is 9.72. The lowest BCUT2D eigenvalue weighted by Gasteiger charge is -2.29. The van der Waals surface area contributed by atoms with Crippen LogP contribution in [0.2, 0.25) is 0 Å². The first-order chi connectivity index (χ1) is 19.5. The summed E-state index contributed by atoms with van der Waals surface area (Å²) in [6.07, 6.45) is 21.9. The predicted molar refractivity (Wildman–Crippen MR) is 162 cm³/mol. The highest BCUT2D eigenvalue weighted by Crippen LogP contribution is 2.33. The minimum absolute atomic E-state index is 0.0487. The molecule has 0 radical (unpaired) electrons. The van der Waals surface area contributed by atoms with E-state index >= 15 is 0 Å². The van der Waals surface area contributed by atoms with E-state index in [9.17, 15) is 9.18 Å². The van der Waals surface area contributed by atoms with Crippen molar-refractivity contribution in [3.05, 3.63) is 104 Å². The minimum Gasteiger partial charge on any atom is -0.304 e. The Labute approximate surface area is 237 Å². The van der Waals surface area contributed by atoms with Crippen LogP contribution in [0, 0.1) is 18.7 Å². The Morgan fingerprint density at radius 1 is 1.02 bits per heavy atom. The summed E-state index contributed by atoms with van der Waals surface area (Å²) >= 11 is 0. The van der Waals surface area contributed by atoms with E-state index in [4.69, 9.17) is 0 Å². The molecule has 1 aromatic carbocycles. The first-order valence-electron chi connectivity index (χ1n) is 15.2. The molecule has 40 heavy (non-hydrogen) atoms. The molecule has 1 aromatic heterocycles. The zero-order valence-electron chi connectivity index (χ0n) is 23.9. The van der Waals surface area contributed by atoms with Gasteiger partial charge in [-0.1, -0.05) is 55.0 Å². The van der Waals surface area contributed by atoms with Gasteiger partial charge in [0.25, 0.3) is 5.56 Å². The highest BCUT2D eigenvalue weighted by atomic mass is 19.1. The van der Waals surface area contributed by atoms with Gasteiger partial charge in [0.1, 0.15) is 5.82 Å². The summed E-state index contributed by atoms with van der Waals surface area (Å²) < 4.78 is 15.8. The Morgan fingerprint density at radius 3 is 2.77 bits per heavy atom. The van der Waals surface area contributed by atoms with E-state index < -0.39 is 0 Å². The Morgan fingerprint density at radius 2 is 1.93 bits per heavy atom. The third kappa shape index (κ3) is 6.01. The van der Waals surface area contributed by atoms with Crippen LogP contribution in [-0.2, 0) is 6.54 Å². The van der Waals surface area contributed by atoms with Gasteiger partial charge in [0.05, 0.1) is 12.6 Å². The van der Waals surface area contributed by atoms with Gasteiger partial charge in [-0.05, 0) is 111 Å². The maximum Gasteiger partial charge on any atom is 0.251 e. The second kappa shape index (κ2) is 11.8. The standard InChI is InChI=1S/C35H42FN3O/c1-24-6-5-20-38(21-19-24)31-16-12-28(13-17-31)35-34(37-35)27-8-3-7-26-14-18-33(40)39(32(26)10-4-9-27)23-29-22-30(36)15-11-25(29)2/h7-8,10-16,18,22,24,31,34-35,37H,3-6,9,17,19-21,23H2,1-2H3/b26-7-,27-8+,32-10-. The van der Waals surface area contributed by atoms with E-state index in [0.717, 1.165) is 53.3 Å². The van der Waals surface area contributed by atoms with Crippen molar-refractivity contribution >= 4 is 12.2 Å². The van der Waals surface area contributed by atoms with E-state index in [1.54, 1.807) is 22.8 Å². The lowest BCUT2D eigenvalue weighted by Crippen LogP contribution is -2.43. The molecule has 2 saturated heterocycles. The first-order valence-corrected chi connectivity index (χ1v) is 15.2. The van der Waals surface area contributed by atoms with Crippen LogP contribution in [0.3, 0.4) is 0 Å². The molecule has 1 N–H and O–H groups in total. The predicted octanol–water partition coefficient (Wildman–Crippen LogP) is 4.73. The number of benzene rings is 1. The summed E-state index contributed by atoms with van der Waals surface area (Å²) in [5, 5.41) is 5.76. The third-order valence-corrected chi connectivity index (χ3v) is 9.35. The molecule has 2 aromatic rings. The number of allylic oxidation sites excluding steroid dienone is 1. The molecule has 2 fully saturated rings. The fourth-order valence-corrected chi connectivity index (χ4v) is 6.74. The largest absolute Gasteiger partial charge is 0.304 e. The summed E-state index contributed by atoms with van der Waals surface area (Å²) in [7, 11) is 0. The zero-order chi connectivity index (χ0) is 27.6. The number of nitrogens with one attached hydrogen (secondary N) is 1. The topological polar surface area (TPSA) is 47.2 Å². The minimum atomic E-state index is -0.268. The molecule has 4 unspecified atom stereocenters. The SMILES string of the molecule is Cc1ccc(F)cc1Cn1c(=O)ccc2/c1=C/CC/C(C1NC1C1=CCC(N3CCCC(C)CC3)C=C1)=C\C\C=2. The van der Waals surface area contributed by atoms with Gasteiger partial charge in [-0.3, -0.25) is 9.69 Å². The molecule has 4 aliphatic rings. The summed E-state index contributed by atoms with van der Waals surface area (Å²) in [5.74, 6) is 0.587. The van der Waals surface area contributed by atoms with Crippen LogP contribution in [0.4, 0.5) is 4.39 Å². The molecule has 4 nitrogen and oxygen atoms in total. The molecule has 2 aliphatic heterocycles. The molecule has 3 heterocycles. The van der Waals surface area contributed by atoms with E-state index in [1.165, 1.54) is 49.6 Å². The van der Waals surface area contributed by atoms with E-state index in [1.807, 2.05) is 13.0 Å². The van der Waals surface area contributed by atoms with Crippen LogP contribution >= 0.6 is 0 Å². The van der Waals surface area contributed by atoms with Crippen molar-refractivity contribution in [3.8, 4) is 0 Å². The van der Waals surface area contributed by atoms with Crippen molar-refractivity contribution in [2.45, 2.75) is 83.5 Å². The number of aryl methyl sites for hydroxylation is 1. The van der Waals surface area contributed by atoms with Crippen LogP contribution in [-0.4, -0.2) is 40.7 Å². The average Bonchev–Trinajstić information content (AvgIpc) is 3.76. The van der Waals surface area contributed by atoms with Crippen LogP contribution in [0.1, 0.15) is 63.0 Å². The van der Waals surface area contributed by atoms with Crippen molar-refractivity contribution in [2.24, 2.45) is 5.92 Å². The van der Waals surface area contributed by atoms with Crippen molar-refractivity contribution in [1.29, 1.82) is 0 Å². The van der Waals surface area contributed by atoms with Crippen molar-refractivity contribution in [3.63, 3.8) is 0 Å². The van der Waals surface area contributed by atoms with Gasteiger partial charge < -0.3 is 9.88 Å². The smallest absolute Gasteiger partial charge is 0.251 e. The summed E-state index contributed by atoms with van der Waals surface area (Å²) in [6.45, 7) is 7.19. The van der Waals surface area contributed by atoms with Crippen LogP contribution in [0.25, 0.3) is 12.2 Å². The number of pyridine rings is 1.